The minimum Gasteiger partial charge on any atom is -0.490 e. The van der Waals surface area contributed by atoms with Crippen LogP contribution in [0.25, 0.3) is 0 Å². The first kappa shape index (κ1) is 21.4. The van der Waals surface area contributed by atoms with Gasteiger partial charge in [-0.2, -0.15) is 4.31 Å². The standard InChI is InChI=1S/C19H24N4O7S/c1-20-12-18(25)23(19(20)26)13-17(24)21-5-7-22(8-6-21)31(27,28)14-3-4-15-16(11-14)30-10-2-9-29-15/h3-4,11H,2,5-10,12-13H2,1H3. The zero-order valence-electron chi connectivity index (χ0n) is 17.2. The monoisotopic (exact) mass is 452 g/mol. The van der Waals surface area contributed by atoms with Gasteiger partial charge in [-0.1, -0.05) is 0 Å². The van der Waals surface area contributed by atoms with Gasteiger partial charge in [-0.3, -0.25) is 14.5 Å². The highest BCUT2D eigenvalue weighted by atomic mass is 32.2. The molecule has 4 rings (SSSR count). The molecule has 3 aliphatic rings. The van der Waals surface area contributed by atoms with E-state index in [1.807, 2.05) is 0 Å². The van der Waals surface area contributed by atoms with E-state index in [1.165, 1.54) is 33.3 Å². The van der Waals surface area contributed by atoms with Crippen molar-refractivity contribution in [2.24, 2.45) is 0 Å². The van der Waals surface area contributed by atoms with Gasteiger partial charge in [-0.15, -0.1) is 0 Å². The van der Waals surface area contributed by atoms with Crippen LogP contribution in [0.3, 0.4) is 0 Å². The van der Waals surface area contributed by atoms with Crippen LogP contribution in [0.1, 0.15) is 6.42 Å². The lowest BCUT2D eigenvalue weighted by Gasteiger charge is -2.34. The molecule has 11 nitrogen and oxygen atoms in total. The Kier molecular flexibility index (Phi) is 5.75. The second-order valence-corrected chi connectivity index (χ2v) is 9.50. The smallest absolute Gasteiger partial charge is 0.327 e. The quantitative estimate of drug-likeness (QED) is 0.570. The maximum Gasteiger partial charge on any atom is 0.327 e. The molecule has 0 spiro atoms. The molecule has 0 radical (unpaired) electrons. The largest absolute Gasteiger partial charge is 0.490 e. The number of imide groups is 1. The molecular weight excluding hydrogens is 428 g/mol. The number of likely N-dealkylation sites (N-methyl/N-ethyl adjacent to an activating group) is 1. The summed E-state index contributed by atoms with van der Waals surface area (Å²) in [6, 6.07) is 4.04. The number of sulfonamides is 1. The van der Waals surface area contributed by atoms with Crippen molar-refractivity contribution in [1.82, 2.24) is 19.0 Å². The van der Waals surface area contributed by atoms with Crippen LogP contribution in [0.15, 0.2) is 23.1 Å². The van der Waals surface area contributed by atoms with E-state index in [0.29, 0.717) is 24.7 Å². The molecule has 3 heterocycles. The van der Waals surface area contributed by atoms with Gasteiger partial charge in [0, 0.05) is 45.7 Å². The van der Waals surface area contributed by atoms with Gasteiger partial charge in [0.25, 0.3) is 5.91 Å². The van der Waals surface area contributed by atoms with Crippen LogP contribution in [0.4, 0.5) is 4.79 Å². The fraction of sp³-hybridized carbons (Fsp3) is 0.526. The van der Waals surface area contributed by atoms with Crippen LogP contribution in [-0.4, -0.2) is 105 Å². The van der Waals surface area contributed by atoms with Crippen molar-refractivity contribution >= 4 is 27.9 Å². The van der Waals surface area contributed by atoms with E-state index in [-0.39, 0.29) is 50.1 Å². The Morgan fingerprint density at radius 3 is 2.35 bits per heavy atom. The summed E-state index contributed by atoms with van der Waals surface area (Å²) in [5, 5.41) is 0. The summed E-state index contributed by atoms with van der Waals surface area (Å²) in [7, 11) is -2.28. The van der Waals surface area contributed by atoms with Crippen molar-refractivity contribution in [2.75, 3.05) is 59.5 Å². The Hall–Kier alpha value is -2.86. The van der Waals surface area contributed by atoms with Crippen LogP contribution in [0.5, 0.6) is 11.5 Å². The number of nitrogens with zero attached hydrogens (tertiary/aromatic N) is 4. The molecule has 3 aliphatic heterocycles. The number of urea groups is 1. The highest BCUT2D eigenvalue weighted by molar-refractivity contribution is 7.89. The summed E-state index contributed by atoms with van der Waals surface area (Å²) >= 11 is 0. The van der Waals surface area contributed by atoms with Gasteiger partial charge in [-0.25, -0.2) is 13.2 Å². The number of fused-ring (bicyclic) bond motifs is 1. The molecule has 31 heavy (non-hydrogen) atoms. The third-order valence-electron chi connectivity index (χ3n) is 5.47. The second kappa shape index (κ2) is 8.35. The number of hydrogen-bond donors (Lipinski definition) is 0. The van der Waals surface area contributed by atoms with E-state index >= 15 is 0 Å². The molecule has 0 atom stereocenters. The SMILES string of the molecule is CN1CC(=O)N(CC(=O)N2CCN(S(=O)(=O)c3ccc4c(c3)OCCCO4)CC2)C1=O. The minimum atomic E-state index is -3.77. The number of ether oxygens (including phenoxy) is 2. The number of carbonyl (C=O) groups is 3. The van der Waals surface area contributed by atoms with Crippen molar-refractivity contribution in [2.45, 2.75) is 11.3 Å². The average molecular weight is 452 g/mol. The highest BCUT2D eigenvalue weighted by Crippen LogP contribution is 2.33. The summed E-state index contributed by atoms with van der Waals surface area (Å²) < 4.78 is 38.6. The molecule has 1 aromatic rings. The van der Waals surface area contributed by atoms with Crippen LogP contribution >= 0.6 is 0 Å². The molecule has 0 aliphatic carbocycles. The van der Waals surface area contributed by atoms with Gasteiger partial charge >= 0.3 is 6.03 Å². The molecule has 0 saturated carbocycles. The fourth-order valence-corrected chi connectivity index (χ4v) is 5.13. The summed E-state index contributed by atoms with van der Waals surface area (Å²) in [6.07, 6.45) is 0.720. The van der Waals surface area contributed by atoms with Gasteiger partial charge in [0.1, 0.15) is 13.1 Å². The predicted octanol–water partition coefficient (Wildman–Crippen LogP) is -0.425. The Labute approximate surface area is 180 Å². The molecular formula is C19H24N4O7S. The molecule has 2 fully saturated rings. The molecule has 168 valence electrons. The lowest BCUT2D eigenvalue weighted by Crippen LogP contribution is -2.53. The van der Waals surface area contributed by atoms with Crippen LogP contribution < -0.4 is 9.47 Å². The minimum absolute atomic E-state index is 0.0479. The van der Waals surface area contributed by atoms with Gasteiger partial charge in [0.05, 0.1) is 18.1 Å². The molecule has 0 bridgehead atoms. The molecule has 4 amide bonds. The van der Waals surface area contributed by atoms with Crippen molar-refractivity contribution in [3.8, 4) is 11.5 Å². The first-order valence-corrected chi connectivity index (χ1v) is 11.4. The average Bonchev–Trinajstić information content (AvgIpc) is 2.93. The van der Waals surface area contributed by atoms with E-state index in [2.05, 4.69) is 0 Å². The summed E-state index contributed by atoms with van der Waals surface area (Å²) in [5.74, 6) is 0.113. The maximum atomic E-state index is 13.1. The van der Waals surface area contributed by atoms with Crippen molar-refractivity contribution in [3.63, 3.8) is 0 Å². The Balaban J connectivity index is 1.39. The molecule has 2 saturated heterocycles. The van der Waals surface area contributed by atoms with Crippen molar-refractivity contribution in [3.05, 3.63) is 18.2 Å². The fourth-order valence-electron chi connectivity index (χ4n) is 3.69. The molecule has 0 N–H and O–H groups in total. The Morgan fingerprint density at radius 1 is 1.03 bits per heavy atom. The first-order valence-electron chi connectivity index (χ1n) is 10.0. The normalized spacial score (nSPS) is 20.2. The summed E-state index contributed by atoms with van der Waals surface area (Å²) in [5.41, 5.74) is 0. The number of amides is 4. The molecule has 0 aromatic heterocycles. The number of benzene rings is 1. The second-order valence-electron chi connectivity index (χ2n) is 7.56. The lowest BCUT2D eigenvalue weighted by atomic mass is 10.3. The summed E-state index contributed by atoms with van der Waals surface area (Å²) in [6.45, 7) is 1.16. The van der Waals surface area contributed by atoms with Gasteiger partial charge < -0.3 is 19.3 Å². The molecule has 0 unspecified atom stereocenters. The van der Waals surface area contributed by atoms with Crippen LogP contribution in [-0.2, 0) is 19.6 Å². The van der Waals surface area contributed by atoms with Crippen LogP contribution in [0.2, 0.25) is 0 Å². The maximum absolute atomic E-state index is 13.1. The molecule has 12 heteroatoms. The van der Waals surface area contributed by atoms with E-state index in [4.69, 9.17) is 9.47 Å². The van der Waals surface area contributed by atoms with Gasteiger partial charge in [0.15, 0.2) is 11.5 Å². The van der Waals surface area contributed by atoms with Gasteiger partial charge in [-0.05, 0) is 12.1 Å². The van der Waals surface area contributed by atoms with Crippen molar-refractivity contribution in [1.29, 1.82) is 0 Å². The molecule has 1 aromatic carbocycles. The third-order valence-corrected chi connectivity index (χ3v) is 7.37. The van der Waals surface area contributed by atoms with Gasteiger partial charge in [0.2, 0.25) is 15.9 Å². The Bertz CT molecular complexity index is 1000. The predicted molar refractivity (Wildman–Crippen MR) is 107 cm³/mol. The topological polar surface area (TPSA) is 117 Å². The summed E-state index contributed by atoms with van der Waals surface area (Å²) in [4.78, 5) is 40.1. The first-order chi connectivity index (χ1) is 14.8. The highest BCUT2D eigenvalue weighted by Gasteiger charge is 2.37. The van der Waals surface area contributed by atoms with E-state index < -0.39 is 22.0 Å². The number of hydrogen-bond acceptors (Lipinski definition) is 7. The zero-order chi connectivity index (χ0) is 22.2. The van der Waals surface area contributed by atoms with E-state index in [1.54, 1.807) is 6.07 Å². The number of rotatable bonds is 4. The van der Waals surface area contributed by atoms with E-state index in [0.717, 1.165) is 11.3 Å². The van der Waals surface area contributed by atoms with E-state index in [9.17, 15) is 22.8 Å². The lowest BCUT2D eigenvalue weighted by molar-refractivity contribution is -0.137. The number of carbonyl (C=O) groups excluding carboxylic acids is 3. The Morgan fingerprint density at radius 2 is 1.71 bits per heavy atom. The third kappa shape index (κ3) is 4.17. The zero-order valence-corrected chi connectivity index (χ0v) is 18.0. The number of piperazine rings is 1. The van der Waals surface area contributed by atoms with Crippen LogP contribution in [0, 0.1) is 0 Å². The van der Waals surface area contributed by atoms with Crippen molar-refractivity contribution < 1.29 is 32.3 Å².